The summed E-state index contributed by atoms with van der Waals surface area (Å²) in [7, 11) is 0. The molecule has 1 amide bonds. The number of alkyl carbamates (subject to hydrolysis) is 1. The number of aromatic carboxylic acids is 1. The highest BCUT2D eigenvalue weighted by atomic mass is 16.6. The second-order valence-corrected chi connectivity index (χ2v) is 5.14. The summed E-state index contributed by atoms with van der Waals surface area (Å²) in [6, 6.07) is 6.11. The summed E-state index contributed by atoms with van der Waals surface area (Å²) >= 11 is 0. The zero-order valence-electron chi connectivity index (χ0n) is 11.6. The van der Waals surface area contributed by atoms with Crippen molar-refractivity contribution in [2.45, 2.75) is 32.9 Å². The van der Waals surface area contributed by atoms with Crippen LogP contribution in [0.1, 0.15) is 42.3 Å². The Labute approximate surface area is 117 Å². The van der Waals surface area contributed by atoms with Crippen LogP contribution in [0.4, 0.5) is 4.79 Å². The minimum atomic E-state index is -1.12. The van der Waals surface area contributed by atoms with Gasteiger partial charge in [0.2, 0.25) is 0 Å². The van der Waals surface area contributed by atoms with Crippen molar-refractivity contribution in [1.29, 1.82) is 5.26 Å². The van der Waals surface area contributed by atoms with E-state index in [0.717, 1.165) is 0 Å². The van der Waals surface area contributed by atoms with Gasteiger partial charge in [0.15, 0.2) is 0 Å². The molecule has 20 heavy (non-hydrogen) atoms. The van der Waals surface area contributed by atoms with Crippen LogP contribution in [0.25, 0.3) is 0 Å². The molecule has 0 unspecified atom stereocenters. The van der Waals surface area contributed by atoms with Crippen molar-refractivity contribution in [3.8, 4) is 6.07 Å². The molecule has 1 aromatic carbocycles. The summed E-state index contributed by atoms with van der Waals surface area (Å²) in [5.41, 5.74) is 0.0901. The lowest BCUT2D eigenvalue weighted by Crippen LogP contribution is -2.32. The molecule has 0 radical (unpaired) electrons. The van der Waals surface area contributed by atoms with E-state index in [-0.39, 0.29) is 12.1 Å². The van der Waals surface area contributed by atoms with Gasteiger partial charge in [0.25, 0.3) is 0 Å². The largest absolute Gasteiger partial charge is 0.478 e. The number of carboxylic acids is 1. The first kappa shape index (κ1) is 15.5. The molecular formula is C14H16N2O4. The lowest BCUT2D eigenvalue weighted by atomic mass is 10.0. The molecule has 6 heteroatoms. The van der Waals surface area contributed by atoms with Crippen molar-refractivity contribution in [1.82, 2.24) is 5.32 Å². The maximum absolute atomic E-state index is 11.5. The fourth-order valence-electron chi connectivity index (χ4n) is 1.50. The van der Waals surface area contributed by atoms with Gasteiger partial charge in [-0.25, -0.2) is 9.59 Å². The third kappa shape index (κ3) is 4.61. The van der Waals surface area contributed by atoms with Gasteiger partial charge in [-0.15, -0.1) is 0 Å². The van der Waals surface area contributed by atoms with Crippen LogP contribution >= 0.6 is 0 Å². The number of nitrogens with one attached hydrogen (secondary N) is 1. The Kier molecular flexibility index (Phi) is 4.70. The van der Waals surface area contributed by atoms with Crippen LogP contribution < -0.4 is 5.32 Å². The maximum atomic E-state index is 11.5. The molecule has 2 N–H and O–H groups in total. The van der Waals surface area contributed by atoms with Crippen LogP contribution in [0.3, 0.4) is 0 Å². The molecule has 0 aliphatic rings. The quantitative estimate of drug-likeness (QED) is 0.882. The van der Waals surface area contributed by atoms with Gasteiger partial charge in [-0.05, 0) is 44.5 Å². The van der Waals surface area contributed by atoms with Crippen LogP contribution in [-0.4, -0.2) is 22.8 Å². The second kappa shape index (κ2) is 6.06. The Morgan fingerprint density at radius 3 is 2.55 bits per heavy atom. The van der Waals surface area contributed by atoms with E-state index >= 15 is 0 Å². The van der Waals surface area contributed by atoms with Crippen molar-refractivity contribution in [3.05, 3.63) is 34.9 Å². The van der Waals surface area contributed by atoms with Crippen molar-refractivity contribution < 1.29 is 19.4 Å². The Morgan fingerprint density at radius 1 is 1.40 bits per heavy atom. The zero-order valence-corrected chi connectivity index (χ0v) is 11.6. The summed E-state index contributed by atoms with van der Waals surface area (Å²) in [5, 5.41) is 20.3. The number of hydrogen-bond acceptors (Lipinski definition) is 4. The minimum Gasteiger partial charge on any atom is -0.478 e. The topological polar surface area (TPSA) is 99.4 Å². The molecule has 0 bridgehead atoms. The Bertz CT molecular complexity index is 568. The average molecular weight is 276 g/mol. The molecule has 1 rings (SSSR count). The molecule has 0 aliphatic heterocycles. The van der Waals surface area contributed by atoms with Gasteiger partial charge in [-0.2, -0.15) is 5.26 Å². The highest BCUT2D eigenvalue weighted by molar-refractivity contribution is 5.89. The van der Waals surface area contributed by atoms with Crippen molar-refractivity contribution in [2.24, 2.45) is 0 Å². The molecule has 0 fully saturated rings. The highest BCUT2D eigenvalue weighted by Gasteiger charge is 2.17. The highest BCUT2D eigenvalue weighted by Crippen LogP contribution is 2.13. The molecular weight excluding hydrogens is 260 g/mol. The monoisotopic (exact) mass is 276 g/mol. The van der Waals surface area contributed by atoms with E-state index in [1.165, 1.54) is 18.2 Å². The second-order valence-electron chi connectivity index (χ2n) is 5.14. The number of nitriles is 1. The fraction of sp³-hybridized carbons (Fsp3) is 0.357. The van der Waals surface area contributed by atoms with E-state index in [1.54, 1.807) is 20.8 Å². The van der Waals surface area contributed by atoms with E-state index in [9.17, 15) is 9.59 Å². The average Bonchev–Trinajstić information content (AvgIpc) is 2.33. The Hall–Kier alpha value is -2.55. The lowest BCUT2D eigenvalue weighted by molar-refractivity contribution is 0.0521. The molecule has 106 valence electrons. The van der Waals surface area contributed by atoms with E-state index in [0.29, 0.717) is 11.1 Å². The molecule has 0 atom stereocenters. The summed E-state index contributed by atoms with van der Waals surface area (Å²) in [6.07, 6.45) is -0.642. The van der Waals surface area contributed by atoms with Gasteiger partial charge < -0.3 is 15.2 Å². The summed E-state index contributed by atoms with van der Waals surface area (Å²) in [5.74, 6) is -1.12. The van der Waals surface area contributed by atoms with Crippen LogP contribution in [0.5, 0.6) is 0 Å². The number of carboxylic acid groups (broad SMARTS) is 1. The third-order valence-corrected chi connectivity index (χ3v) is 2.29. The molecule has 0 spiro atoms. The molecule has 0 aliphatic carbocycles. The molecule has 1 aromatic rings. The number of ether oxygens (including phenoxy) is 1. The summed E-state index contributed by atoms with van der Waals surface area (Å²) < 4.78 is 5.05. The Balaban J connectivity index is 2.84. The van der Waals surface area contributed by atoms with Gasteiger partial charge in [0.1, 0.15) is 5.60 Å². The molecule has 0 heterocycles. The fourth-order valence-corrected chi connectivity index (χ4v) is 1.50. The number of hydrogen-bond donors (Lipinski definition) is 2. The smallest absolute Gasteiger partial charge is 0.407 e. The molecule has 0 saturated heterocycles. The number of benzene rings is 1. The van der Waals surface area contributed by atoms with Crippen molar-refractivity contribution in [3.63, 3.8) is 0 Å². The molecule has 0 saturated carbocycles. The number of carbonyl (C=O) groups excluding carboxylic acids is 1. The van der Waals surface area contributed by atoms with Gasteiger partial charge in [0.05, 0.1) is 17.2 Å². The number of rotatable bonds is 3. The lowest BCUT2D eigenvalue weighted by Gasteiger charge is -2.19. The first-order chi connectivity index (χ1) is 9.23. The van der Waals surface area contributed by atoms with Crippen LogP contribution in [-0.2, 0) is 11.3 Å². The van der Waals surface area contributed by atoms with Crippen LogP contribution in [0.2, 0.25) is 0 Å². The summed E-state index contributed by atoms with van der Waals surface area (Å²) in [6.45, 7) is 5.16. The van der Waals surface area contributed by atoms with E-state index in [2.05, 4.69) is 5.32 Å². The van der Waals surface area contributed by atoms with E-state index < -0.39 is 17.7 Å². The van der Waals surface area contributed by atoms with Crippen molar-refractivity contribution >= 4 is 12.1 Å². The molecule has 0 aromatic heterocycles. The number of carbonyl (C=O) groups is 2. The van der Waals surface area contributed by atoms with Gasteiger partial charge in [-0.3, -0.25) is 0 Å². The third-order valence-electron chi connectivity index (χ3n) is 2.29. The van der Waals surface area contributed by atoms with E-state index in [1.807, 2.05) is 6.07 Å². The predicted molar refractivity (Wildman–Crippen MR) is 71.2 cm³/mol. The summed E-state index contributed by atoms with van der Waals surface area (Å²) in [4.78, 5) is 22.6. The van der Waals surface area contributed by atoms with Gasteiger partial charge >= 0.3 is 12.1 Å². The standard InChI is InChI=1S/C14H16N2O4/c1-14(2,3)20-13(19)16-8-10-6-9(7-15)4-5-11(10)12(17)18/h4-6H,8H2,1-3H3,(H,16,19)(H,17,18). The number of nitrogens with zero attached hydrogens (tertiary/aromatic N) is 1. The van der Waals surface area contributed by atoms with Crippen LogP contribution in [0, 0.1) is 11.3 Å². The molecule has 6 nitrogen and oxygen atoms in total. The maximum Gasteiger partial charge on any atom is 0.407 e. The first-order valence-corrected chi connectivity index (χ1v) is 5.96. The predicted octanol–water partition coefficient (Wildman–Crippen LogP) is 2.28. The SMILES string of the molecule is CC(C)(C)OC(=O)NCc1cc(C#N)ccc1C(=O)O. The number of amides is 1. The minimum absolute atomic E-state index is 0.0218. The van der Waals surface area contributed by atoms with Crippen molar-refractivity contribution in [2.75, 3.05) is 0 Å². The zero-order chi connectivity index (χ0) is 15.3. The van der Waals surface area contributed by atoms with E-state index in [4.69, 9.17) is 15.1 Å². The van der Waals surface area contributed by atoms with Gasteiger partial charge in [0, 0.05) is 6.54 Å². The normalized spacial score (nSPS) is 10.5. The van der Waals surface area contributed by atoms with Crippen LogP contribution in [0.15, 0.2) is 18.2 Å². The van der Waals surface area contributed by atoms with Gasteiger partial charge in [-0.1, -0.05) is 0 Å². The first-order valence-electron chi connectivity index (χ1n) is 5.96. The Morgan fingerprint density at radius 2 is 2.05 bits per heavy atom.